The molecule has 4 atom stereocenters. The van der Waals surface area contributed by atoms with Crippen molar-refractivity contribution in [2.45, 2.75) is 53.0 Å². The lowest BCUT2D eigenvalue weighted by Crippen LogP contribution is -2.42. The zero-order chi connectivity index (χ0) is 18.4. The van der Waals surface area contributed by atoms with E-state index in [2.05, 4.69) is 10.6 Å². The predicted molar refractivity (Wildman–Crippen MR) is 107 cm³/mol. The molecule has 2 saturated carbocycles. The third kappa shape index (κ3) is 4.04. The Labute approximate surface area is 161 Å². The smallest absolute Gasteiger partial charge is 0.229 e. The summed E-state index contributed by atoms with van der Waals surface area (Å²) in [6.45, 7) is 7.56. The van der Waals surface area contributed by atoms with Gasteiger partial charge in [0.2, 0.25) is 11.8 Å². The van der Waals surface area contributed by atoms with Crippen molar-refractivity contribution < 1.29 is 9.59 Å². The summed E-state index contributed by atoms with van der Waals surface area (Å²) in [7, 11) is 0. The molecule has 2 aliphatic carbocycles. The van der Waals surface area contributed by atoms with Crippen LogP contribution in [0.3, 0.4) is 0 Å². The van der Waals surface area contributed by atoms with Crippen LogP contribution in [-0.4, -0.2) is 17.9 Å². The number of halogens is 1. The molecule has 3 rings (SSSR count). The Bertz CT molecular complexity index is 697. The lowest BCUT2D eigenvalue weighted by Gasteiger charge is -2.27. The first-order valence-electron chi connectivity index (χ1n) is 9.15. The van der Waals surface area contributed by atoms with Gasteiger partial charge in [-0.15, -0.1) is 12.4 Å². The van der Waals surface area contributed by atoms with Gasteiger partial charge in [0.05, 0.1) is 5.92 Å². The van der Waals surface area contributed by atoms with E-state index in [0.717, 1.165) is 30.5 Å². The van der Waals surface area contributed by atoms with Crippen LogP contribution in [0, 0.1) is 30.1 Å². The second-order valence-electron chi connectivity index (χ2n) is 8.66. The van der Waals surface area contributed by atoms with E-state index in [9.17, 15) is 9.59 Å². The van der Waals surface area contributed by atoms with E-state index >= 15 is 0 Å². The monoisotopic (exact) mass is 379 g/mol. The van der Waals surface area contributed by atoms with E-state index in [-0.39, 0.29) is 36.2 Å². The van der Waals surface area contributed by atoms with Gasteiger partial charge >= 0.3 is 0 Å². The van der Waals surface area contributed by atoms with E-state index in [4.69, 9.17) is 5.73 Å². The summed E-state index contributed by atoms with van der Waals surface area (Å²) in [6.07, 6.45) is 3.35. The molecule has 1 aromatic carbocycles. The van der Waals surface area contributed by atoms with E-state index in [0.29, 0.717) is 17.5 Å². The molecule has 0 aromatic heterocycles. The zero-order valence-electron chi connectivity index (χ0n) is 16.0. The van der Waals surface area contributed by atoms with Gasteiger partial charge in [-0.2, -0.15) is 0 Å². The molecule has 5 nitrogen and oxygen atoms in total. The minimum absolute atomic E-state index is 0. The van der Waals surface area contributed by atoms with Crippen LogP contribution in [-0.2, 0) is 9.59 Å². The fourth-order valence-corrected chi connectivity index (χ4v) is 4.09. The number of hydrogen-bond donors (Lipinski definition) is 3. The third-order valence-electron chi connectivity index (χ3n) is 5.72. The summed E-state index contributed by atoms with van der Waals surface area (Å²) in [5.74, 6) is 0.796. The van der Waals surface area contributed by atoms with Gasteiger partial charge in [0, 0.05) is 22.8 Å². The summed E-state index contributed by atoms with van der Waals surface area (Å²) in [6, 6.07) is 5.59. The van der Waals surface area contributed by atoms with Crippen molar-refractivity contribution in [2.24, 2.45) is 28.9 Å². The number of nitrogens with one attached hydrogen (secondary N) is 2. The highest BCUT2D eigenvalue weighted by Gasteiger charge is 2.49. The maximum absolute atomic E-state index is 12.7. The molecule has 2 bridgehead atoms. The highest BCUT2D eigenvalue weighted by Crippen LogP contribution is 2.48. The number of nitrogens with two attached hydrogens (primary N) is 1. The van der Waals surface area contributed by atoms with E-state index < -0.39 is 5.41 Å². The minimum atomic E-state index is -0.471. The van der Waals surface area contributed by atoms with Crippen LogP contribution in [0.15, 0.2) is 18.2 Å². The lowest BCUT2D eigenvalue weighted by atomic mass is 9.84. The van der Waals surface area contributed by atoms with E-state index in [1.165, 1.54) is 0 Å². The van der Waals surface area contributed by atoms with Crippen LogP contribution in [0.5, 0.6) is 0 Å². The van der Waals surface area contributed by atoms with Gasteiger partial charge < -0.3 is 16.4 Å². The maximum atomic E-state index is 12.7. The van der Waals surface area contributed by atoms with Crippen LogP contribution in [0.2, 0.25) is 0 Å². The van der Waals surface area contributed by atoms with Crippen molar-refractivity contribution in [1.29, 1.82) is 0 Å². The molecule has 6 heteroatoms. The Morgan fingerprint density at radius 2 is 1.77 bits per heavy atom. The van der Waals surface area contributed by atoms with Crippen molar-refractivity contribution in [1.82, 2.24) is 0 Å². The maximum Gasteiger partial charge on any atom is 0.229 e. The molecule has 26 heavy (non-hydrogen) atoms. The summed E-state index contributed by atoms with van der Waals surface area (Å²) >= 11 is 0. The number of amides is 2. The molecule has 0 aliphatic heterocycles. The number of anilines is 2. The highest BCUT2D eigenvalue weighted by molar-refractivity contribution is 5.97. The molecule has 2 amide bonds. The molecule has 0 saturated heterocycles. The molecule has 0 spiro atoms. The van der Waals surface area contributed by atoms with Crippen LogP contribution in [0.25, 0.3) is 0 Å². The van der Waals surface area contributed by atoms with Crippen LogP contribution < -0.4 is 16.4 Å². The van der Waals surface area contributed by atoms with Gasteiger partial charge in [-0.1, -0.05) is 26.8 Å². The average Bonchev–Trinajstić information content (AvgIpc) is 3.10. The molecule has 2 fully saturated rings. The molecule has 4 unspecified atom stereocenters. The Hall–Kier alpha value is -1.59. The first-order chi connectivity index (χ1) is 11.7. The molecule has 4 N–H and O–H groups in total. The fourth-order valence-electron chi connectivity index (χ4n) is 4.09. The van der Waals surface area contributed by atoms with Crippen molar-refractivity contribution in [2.75, 3.05) is 10.6 Å². The van der Waals surface area contributed by atoms with Crippen molar-refractivity contribution in [3.63, 3.8) is 0 Å². The summed E-state index contributed by atoms with van der Waals surface area (Å²) in [5, 5.41) is 5.96. The van der Waals surface area contributed by atoms with Crippen molar-refractivity contribution >= 4 is 35.6 Å². The Morgan fingerprint density at radius 3 is 2.35 bits per heavy atom. The minimum Gasteiger partial charge on any atom is -0.327 e. The Balaban J connectivity index is 0.00000243. The predicted octanol–water partition coefficient (Wildman–Crippen LogP) is 3.71. The topological polar surface area (TPSA) is 84.2 Å². The number of carbonyl (C=O) groups excluding carboxylic acids is 2. The summed E-state index contributed by atoms with van der Waals surface area (Å²) in [4.78, 5) is 25.0. The van der Waals surface area contributed by atoms with Crippen LogP contribution >= 0.6 is 12.4 Å². The van der Waals surface area contributed by atoms with Gasteiger partial charge in [-0.3, -0.25) is 9.59 Å². The Kier molecular flexibility index (Phi) is 6.03. The molecule has 144 valence electrons. The number of carbonyl (C=O) groups is 2. The van der Waals surface area contributed by atoms with E-state index in [1.807, 2.05) is 45.9 Å². The molecule has 0 radical (unpaired) electrons. The number of aryl methyl sites for hydroxylation is 1. The standard InChI is InChI=1S/C20H29N3O2.ClH/c1-11-5-8-14(10-15(11)23-19(25)20(2,3)4)22-18(24)16-12-6-7-13(9-12)17(16)21;/h5,8,10,12-13,16-17H,6-7,9,21H2,1-4H3,(H,22,24)(H,23,25);1H. The highest BCUT2D eigenvalue weighted by atomic mass is 35.5. The van der Waals surface area contributed by atoms with Gasteiger partial charge in [0.1, 0.15) is 0 Å². The number of rotatable bonds is 3. The van der Waals surface area contributed by atoms with Gasteiger partial charge in [0.25, 0.3) is 0 Å². The second-order valence-corrected chi connectivity index (χ2v) is 8.66. The quantitative estimate of drug-likeness (QED) is 0.748. The van der Waals surface area contributed by atoms with Gasteiger partial charge in [-0.25, -0.2) is 0 Å². The molecular weight excluding hydrogens is 350 g/mol. The largest absolute Gasteiger partial charge is 0.327 e. The zero-order valence-corrected chi connectivity index (χ0v) is 16.8. The van der Waals surface area contributed by atoms with E-state index in [1.54, 1.807) is 0 Å². The summed E-state index contributed by atoms with van der Waals surface area (Å²) in [5.41, 5.74) is 8.20. The molecular formula is C20H30ClN3O2. The Morgan fingerprint density at radius 1 is 1.12 bits per heavy atom. The third-order valence-corrected chi connectivity index (χ3v) is 5.72. The first kappa shape index (κ1) is 20.7. The number of benzene rings is 1. The first-order valence-corrected chi connectivity index (χ1v) is 9.15. The van der Waals surface area contributed by atoms with Crippen molar-refractivity contribution in [3.8, 4) is 0 Å². The molecule has 0 heterocycles. The normalized spacial score (nSPS) is 27.0. The van der Waals surface area contributed by atoms with Crippen LogP contribution in [0.4, 0.5) is 11.4 Å². The van der Waals surface area contributed by atoms with Gasteiger partial charge in [0.15, 0.2) is 0 Å². The van der Waals surface area contributed by atoms with Crippen molar-refractivity contribution in [3.05, 3.63) is 23.8 Å². The fraction of sp³-hybridized carbons (Fsp3) is 0.600. The number of fused-ring (bicyclic) bond motifs is 2. The van der Waals surface area contributed by atoms with Gasteiger partial charge in [-0.05, 0) is 55.7 Å². The van der Waals surface area contributed by atoms with Crippen LogP contribution in [0.1, 0.15) is 45.6 Å². The lowest BCUT2D eigenvalue weighted by molar-refractivity contribution is -0.123. The summed E-state index contributed by atoms with van der Waals surface area (Å²) < 4.78 is 0. The second kappa shape index (κ2) is 7.57. The molecule has 1 aromatic rings. The average molecular weight is 380 g/mol. The SMILES string of the molecule is Cc1ccc(NC(=O)C2C3CCC(C3)C2N)cc1NC(=O)C(C)(C)C.Cl. The molecule has 2 aliphatic rings. The number of hydrogen-bond acceptors (Lipinski definition) is 3.